The molecule has 7 rings (SSSR count). The third kappa shape index (κ3) is 3.04. The lowest BCUT2D eigenvalue weighted by molar-refractivity contribution is 0.109. The van der Waals surface area contributed by atoms with E-state index in [1.807, 2.05) is 0 Å². The van der Waals surface area contributed by atoms with Crippen molar-refractivity contribution in [2.45, 2.75) is 94.5 Å². The van der Waals surface area contributed by atoms with Crippen LogP contribution in [-0.4, -0.2) is 17.0 Å². The molecule has 4 heteroatoms. The topological polar surface area (TPSA) is 21.7 Å². The van der Waals surface area contributed by atoms with Crippen LogP contribution in [0.4, 0.5) is 0 Å². The molecule has 33 heavy (non-hydrogen) atoms. The van der Waals surface area contributed by atoms with Crippen LogP contribution in [0, 0.1) is 0 Å². The van der Waals surface area contributed by atoms with Crippen molar-refractivity contribution >= 4 is 15.1 Å². The van der Waals surface area contributed by atoms with Crippen LogP contribution in [-0.2, 0) is 9.94 Å². The summed E-state index contributed by atoms with van der Waals surface area (Å²) in [5.74, 6) is 2.17. The van der Waals surface area contributed by atoms with Crippen LogP contribution < -0.4 is 4.52 Å². The van der Waals surface area contributed by atoms with Crippen molar-refractivity contribution < 1.29 is 9.05 Å². The van der Waals surface area contributed by atoms with Gasteiger partial charge in [0.2, 0.25) is 0 Å². The highest BCUT2D eigenvalue weighted by Gasteiger charge is 2.54. The molecule has 2 atom stereocenters. The van der Waals surface area contributed by atoms with Gasteiger partial charge in [-0.15, -0.1) is 0 Å². The summed E-state index contributed by atoms with van der Waals surface area (Å²) < 4.78 is 12.7. The van der Waals surface area contributed by atoms with Crippen molar-refractivity contribution in [3.8, 4) is 5.75 Å². The van der Waals surface area contributed by atoms with Crippen molar-refractivity contribution in [1.29, 1.82) is 0 Å². The van der Waals surface area contributed by atoms with Gasteiger partial charge in [0.05, 0.1) is 5.41 Å². The summed E-state index contributed by atoms with van der Waals surface area (Å²) in [6.45, 7) is 0. The molecule has 1 heterocycles. The van der Waals surface area contributed by atoms with Gasteiger partial charge in [-0.3, -0.25) is 0 Å². The van der Waals surface area contributed by atoms with Crippen molar-refractivity contribution in [2.75, 3.05) is 0 Å². The Kier molecular flexibility index (Phi) is 4.97. The SMILES string of the molecule is C1=CC23C(N(C4CCCCC4)C4CCCCC4)=Cc4cccc(c42)OPOC2=C3C1=CCC2. The molecule has 1 aromatic rings. The molecule has 3 nitrogen and oxygen atoms in total. The number of hydrogen-bond donors (Lipinski definition) is 0. The number of hydrogen-bond acceptors (Lipinski definition) is 3. The lowest BCUT2D eigenvalue weighted by Gasteiger charge is -2.49. The Bertz CT molecular complexity index is 1070. The summed E-state index contributed by atoms with van der Waals surface area (Å²) in [5, 5.41) is 0. The zero-order valence-corrected chi connectivity index (χ0v) is 20.4. The number of allylic oxidation sites excluding steroid dienone is 5. The van der Waals surface area contributed by atoms with Crippen LogP contribution in [0.5, 0.6) is 5.75 Å². The summed E-state index contributed by atoms with van der Waals surface area (Å²) in [7, 11) is 0.0311. The van der Waals surface area contributed by atoms with E-state index in [0.717, 1.165) is 24.4 Å². The van der Waals surface area contributed by atoms with E-state index in [2.05, 4.69) is 47.4 Å². The molecule has 5 aliphatic carbocycles. The van der Waals surface area contributed by atoms with Crippen molar-refractivity contribution in [3.05, 3.63) is 70.2 Å². The quantitative estimate of drug-likeness (QED) is 0.432. The second-order valence-corrected chi connectivity index (χ2v) is 11.2. The van der Waals surface area contributed by atoms with Gasteiger partial charge in [-0.2, -0.15) is 0 Å². The molecular formula is C29H34NO2P. The first-order valence-corrected chi connectivity index (χ1v) is 14.0. The van der Waals surface area contributed by atoms with Crippen molar-refractivity contribution in [2.24, 2.45) is 0 Å². The summed E-state index contributed by atoms with van der Waals surface area (Å²) in [6, 6.07) is 7.93. The Hall–Kier alpha value is -1.99. The largest absolute Gasteiger partial charge is 0.445 e. The smallest absolute Gasteiger partial charge is 0.275 e. The number of benzene rings is 1. The van der Waals surface area contributed by atoms with E-state index >= 15 is 0 Å². The van der Waals surface area contributed by atoms with E-state index in [1.54, 1.807) is 0 Å². The van der Waals surface area contributed by atoms with Crippen LogP contribution >= 0.6 is 9.03 Å². The van der Waals surface area contributed by atoms with Gasteiger partial charge in [0.1, 0.15) is 11.5 Å². The minimum Gasteiger partial charge on any atom is -0.445 e. The van der Waals surface area contributed by atoms with E-state index in [4.69, 9.17) is 9.05 Å². The monoisotopic (exact) mass is 459 g/mol. The molecule has 1 spiro atoms. The first kappa shape index (κ1) is 20.4. The molecule has 0 aromatic heterocycles. The number of nitrogens with zero attached hydrogens (tertiary/aromatic N) is 1. The Morgan fingerprint density at radius 2 is 1.67 bits per heavy atom. The molecule has 1 aromatic carbocycles. The van der Waals surface area contributed by atoms with Crippen LogP contribution in [0.3, 0.4) is 0 Å². The molecular weight excluding hydrogens is 425 g/mol. The van der Waals surface area contributed by atoms with Gasteiger partial charge < -0.3 is 13.9 Å². The van der Waals surface area contributed by atoms with E-state index in [1.165, 1.54) is 92.2 Å². The molecule has 1 aliphatic heterocycles. The predicted octanol–water partition coefficient (Wildman–Crippen LogP) is 7.71. The highest BCUT2D eigenvalue weighted by Crippen LogP contribution is 2.62. The van der Waals surface area contributed by atoms with E-state index in [9.17, 15) is 0 Å². The fraction of sp³-hybridized carbons (Fsp3) is 0.517. The minimum absolute atomic E-state index is 0.0311. The third-order valence-corrected chi connectivity index (χ3v) is 9.52. The molecule has 6 aliphatic rings. The first-order valence-electron chi connectivity index (χ1n) is 13.2. The van der Waals surface area contributed by atoms with Crippen LogP contribution in [0.2, 0.25) is 0 Å². The average molecular weight is 460 g/mol. The molecule has 2 unspecified atom stereocenters. The molecule has 2 fully saturated rings. The van der Waals surface area contributed by atoms with Gasteiger partial charge in [0.15, 0.2) is 0 Å². The third-order valence-electron chi connectivity index (χ3n) is 8.89. The molecule has 2 saturated carbocycles. The van der Waals surface area contributed by atoms with Gasteiger partial charge in [-0.05, 0) is 55.4 Å². The molecule has 0 saturated heterocycles. The average Bonchev–Trinajstić information content (AvgIpc) is 3.40. The van der Waals surface area contributed by atoms with Gasteiger partial charge in [0.25, 0.3) is 9.03 Å². The highest BCUT2D eigenvalue weighted by atomic mass is 31.1. The second kappa shape index (κ2) is 8.05. The normalized spacial score (nSPS) is 29.5. The minimum atomic E-state index is -0.257. The molecule has 0 N–H and O–H groups in total. The first-order chi connectivity index (χ1) is 16.4. The van der Waals surface area contributed by atoms with Crippen molar-refractivity contribution in [1.82, 2.24) is 4.90 Å². The van der Waals surface area contributed by atoms with Gasteiger partial charge in [-0.1, -0.05) is 68.9 Å². The highest BCUT2D eigenvalue weighted by molar-refractivity contribution is 7.26. The maximum absolute atomic E-state index is 6.35. The summed E-state index contributed by atoms with van der Waals surface area (Å²) in [4.78, 5) is 2.94. The summed E-state index contributed by atoms with van der Waals surface area (Å²) >= 11 is 0. The zero-order valence-electron chi connectivity index (χ0n) is 19.4. The molecule has 172 valence electrons. The van der Waals surface area contributed by atoms with Crippen LogP contribution in [0.15, 0.2) is 59.0 Å². The van der Waals surface area contributed by atoms with E-state index < -0.39 is 0 Å². The second-order valence-electron chi connectivity index (χ2n) is 10.7. The Morgan fingerprint density at radius 3 is 2.42 bits per heavy atom. The maximum Gasteiger partial charge on any atom is 0.275 e. The lowest BCUT2D eigenvalue weighted by Crippen LogP contribution is -2.49. The fourth-order valence-corrected chi connectivity index (χ4v) is 8.14. The predicted molar refractivity (Wildman–Crippen MR) is 135 cm³/mol. The molecule has 0 amide bonds. The van der Waals surface area contributed by atoms with Gasteiger partial charge in [-0.25, -0.2) is 0 Å². The zero-order chi connectivity index (χ0) is 21.8. The van der Waals surface area contributed by atoms with Crippen LogP contribution in [0.25, 0.3) is 6.08 Å². The van der Waals surface area contributed by atoms with Crippen molar-refractivity contribution in [3.63, 3.8) is 0 Å². The van der Waals surface area contributed by atoms with E-state index in [-0.39, 0.29) is 14.4 Å². The molecule has 0 bridgehead atoms. The van der Waals surface area contributed by atoms with Gasteiger partial charge in [0, 0.05) is 35.3 Å². The Labute approximate surface area is 199 Å². The standard InChI is InChI=1S/C29H34NO2P/c1-3-11-22(12-4-1)30(23-13-5-2-6-14-23)26-19-21-10-8-16-25-28(21)29(26)18-17-20-9-7-15-24(27(20)29)31-33-32-25/h8-10,16-19,22-23,33H,1-7,11-15H2. The Morgan fingerprint density at radius 1 is 0.909 bits per heavy atom. The Balaban J connectivity index is 1.45. The van der Waals surface area contributed by atoms with Crippen LogP contribution in [0.1, 0.15) is 88.2 Å². The van der Waals surface area contributed by atoms with E-state index in [0.29, 0.717) is 12.1 Å². The number of rotatable bonds is 3. The maximum atomic E-state index is 6.35. The van der Waals surface area contributed by atoms with Gasteiger partial charge >= 0.3 is 0 Å². The lowest BCUT2D eigenvalue weighted by atomic mass is 9.71. The summed E-state index contributed by atoms with van der Waals surface area (Å²) in [6.07, 6.45) is 25.5. The molecule has 0 radical (unpaired) electrons. The summed E-state index contributed by atoms with van der Waals surface area (Å²) in [5.41, 5.74) is 6.75. The fourth-order valence-electron chi connectivity index (χ4n) is 7.54.